The smallest absolute Gasteiger partial charge is 0.165 e. The molecule has 80 valence electrons. The third kappa shape index (κ3) is 1.70. The highest BCUT2D eigenvalue weighted by Gasteiger charge is 2.10. The second kappa shape index (κ2) is 4.19. The van der Waals surface area contributed by atoms with Crippen LogP contribution in [0, 0.1) is 5.82 Å². The Labute approximate surface area is 93.5 Å². The number of phenols is 1. The molecule has 0 bridgehead atoms. The van der Waals surface area contributed by atoms with Crippen LogP contribution in [0.15, 0.2) is 49.0 Å². The highest BCUT2D eigenvalue weighted by atomic mass is 19.1. The van der Waals surface area contributed by atoms with Gasteiger partial charge in [0, 0.05) is 5.56 Å². The second-order valence-electron chi connectivity index (χ2n) is 3.43. The Morgan fingerprint density at radius 3 is 2.44 bits per heavy atom. The molecule has 0 unspecified atom stereocenters. The molecule has 0 aromatic heterocycles. The van der Waals surface area contributed by atoms with Crippen LogP contribution in [0.4, 0.5) is 4.39 Å². The maximum absolute atomic E-state index is 13.2. The zero-order chi connectivity index (χ0) is 11.5. The van der Waals surface area contributed by atoms with Gasteiger partial charge in [-0.05, 0) is 17.2 Å². The van der Waals surface area contributed by atoms with E-state index < -0.39 is 5.82 Å². The summed E-state index contributed by atoms with van der Waals surface area (Å²) in [6.07, 6.45) is 1.68. The van der Waals surface area contributed by atoms with Gasteiger partial charge >= 0.3 is 0 Å². The Bertz CT molecular complexity index is 532. The van der Waals surface area contributed by atoms with Crippen molar-refractivity contribution in [3.05, 3.63) is 60.4 Å². The first kappa shape index (κ1) is 10.4. The van der Waals surface area contributed by atoms with Gasteiger partial charge < -0.3 is 5.11 Å². The van der Waals surface area contributed by atoms with Gasteiger partial charge in [0.05, 0.1) is 0 Å². The van der Waals surface area contributed by atoms with Crippen molar-refractivity contribution >= 4 is 6.08 Å². The Morgan fingerprint density at radius 2 is 1.69 bits per heavy atom. The quantitative estimate of drug-likeness (QED) is 0.805. The first-order valence-corrected chi connectivity index (χ1v) is 4.93. The van der Waals surface area contributed by atoms with E-state index in [9.17, 15) is 9.50 Å². The Morgan fingerprint density at radius 1 is 1.00 bits per heavy atom. The maximum Gasteiger partial charge on any atom is 0.165 e. The molecule has 0 radical (unpaired) electrons. The third-order valence-electron chi connectivity index (χ3n) is 2.46. The summed E-state index contributed by atoms with van der Waals surface area (Å²) in [5.74, 6) is -0.937. The number of rotatable bonds is 2. The normalized spacial score (nSPS) is 10.1. The van der Waals surface area contributed by atoms with Crippen LogP contribution in [0.3, 0.4) is 0 Å². The van der Waals surface area contributed by atoms with Crippen molar-refractivity contribution in [1.29, 1.82) is 0 Å². The van der Waals surface area contributed by atoms with Gasteiger partial charge in [-0.2, -0.15) is 0 Å². The van der Waals surface area contributed by atoms with Gasteiger partial charge in [-0.3, -0.25) is 0 Å². The monoisotopic (exact) mass is 214 g/mol. The second-order valence-corrected chi connectivity index (χ2v) is 3.43. The van der Waals surface area contributed by atoms with E-state index in [1.54, 1.807) is 18.2 Å². The zero-order valence-corrected chi connectivity index (χ0v) is 8.65. The van der Waals surface area contributed by atoms with Crippen LogP contribution >= 0.6 is 0 Å². The fraction of sp³-hybridized carbons (Fsp3) is 0. The van der Waals surface area contributed by atoms with E-state index in [0.29, 0.717) is 5.56 Å². The van der Waals surface area contributed by atoms with Crippen LogP contribution < -0.4 is 0 Å². The van der Waals surface area contributed by atoms with Crippen molar-refractivity contribution in [3.63, 3.8) is 0 Å². The lowest BCUT2D eigenvalue weighted by molar-refractivity contribution is 0.434. The number of aromatic hydroxyl groups is 1. The summed E-state index contributed by atoms with van der Waals surface area (Å²) in [5.41, 5.74) is 2.12. The summed E-state index contributed by atoms with van der Waals surface area (Å²) in [4.78, 5) is 0. The molecule has 0 fully saturated rings. The lowest BCUT2D eigenvalue weighted by atomic mass is 9.99. The summed E-state index contributed by atoms with van der Waals surface area (Å²) in [5, 5.41) is 9.66. The first-order valence-electron chi connectivity index (χ1n) is 4.93. The minimum atomic E-state index is -0.614. The Kier molecular flexibility index (Phi) is 2.73. The van der Waals surface area contributed by atoms with Crippen molar-refractivity contribution in [1.82, 2.24) is 0 Å². The lowest BCUT2D eigenvalue weighted by Gasteiger charge is -2.08. The number of para-hydroxylation sites is 1. The van der Waals surface area contributed by atoms with E-state index in [1.165, 1.54) is 6.07 Å². The number of hydrogen-bond acceptors (Lipinski definition) is 1. The largest absolute Gasteiger partial charge is 0.504 e. The van der Waals surface area contributed by atoms with E-state index >= 15 is 0 Å². The molecule has 0 saturated heterocycles. The van der Waals surface area contributed by atoms with Crippen LogP contribution in [0.5, 0.6) is 5.75 Å². The van der Waals surface area contributed by atoms with Gasteiger partial charge in [-0.25, -0.2) is 4.39 Å². The fourth-order valence-electron chi connectivity index (χ4n) is 1.65. The highest BCUT2D eigenvalue weighted by molar-refractivity contribution is 5.78. The molecule has 2 heteroatoms. The molecule has 0 aliphatic rings. The molecule has 1 nitrogen and oxygen atoms in total. The first-order chi connectivity index (χ1) is 7.74. The van der Waals surface area contributed by atoms with Crippen molar-refractivity contribution < 1.29 is 9.50 Å². The van der Waals surface area contributed by atoms with Crippen molar-refractivity contribution in [2.45, 2.75) is 0 Å². The number of benzene rings is 2. The predicted octanol–water partition coefficient (Wildman–Crippen LogP) is 3.84. The highest BCUT2D eigenvalue weighted by Crippen LogP contribution is 2.33. The van der Waals surface area contributed by atoms with Gasteiger partial charge in [0.1, 0.15) is 0 Å². The Hall–Kier alpha value is -2.09. The van der Waals surface area contributed by atoms with Gasteiger partial charge in [0.25, 0.3) is 0 Å². The van der Waals surface area contributed by atoms with Crippen molar-refractivity contribution in [2.75, 3.05) is 0 Å². The lowest BCUT2D eigenvalue weighted by Crippen LogP contribution is -1.85. The summed E-state index contributed by atoms with van der Waals surface area (Å²) in [6, 6.07) is 11.9. The molecule has 0 amide bonds. The van der Waals surface area contributed by atoms with Crippen LogP contribution in [0.1, 0.15) is 5.56 Å². The molecule has 0 aliphatic carbocycles. The average Bonchev–Trinajstić information content (AvgIpc) is 2.33. The van der Waals surface area contributed by atoms with Crippen LogP contribution in [-0.2, 0) is 0 Å². The van der Waals surface area contributed by atoms with Crippen LogP contribution in [-0.4, -0.2) is 5.11 Å². The van der Waals surface area contributed by atoms with Gasteiger partial charge in [0.2, 0.25) is 0 Å². The average molecular weight is 214 g/mol. The number of hydrogen-bond donors (Lipinski definition) is 1. The molecule has 0 atom stereocenters. The predicted molar refractivity (Wildman–Crippen MR) is 63.6 cm³/mol. The van der Waals surface area contributed by atoms with Crippen LogP contribution in [0.25, 0.3) is 17.2 Å². The van der Waals surface area contributed by atoms with E-state index in [1.807, 2.05) is 24.3 Å². The molecular formula is C14H11FO. The third-order valence-corrected chi connectivity index (χ3v) is 2.46. The molecule has 0 aliphatic heterocycles. The van der Waals surface area contributed by atoms with Crippen LogP contribution in [0.2, 0.25) is 0 Å². The standard InChI is InChI=1S/C14H11FO/c1-2-10-6-3-4-7-11(10)12-8-5-9-13(15)14(12)16/h2-9,16H,1H2. The SMILES string of the molecule is C=Cc1ccccc1-c1cccc(F)c1O. The van der Waals surface area contributed by atoms with Gasteiger partial charge in [-0.15, -0.1) is 0 Å². The maximum atomic E-state index is 13.2. The molecule has 0 heterocycles. The summed E-state index contributed by atoms with van der Waals surface area (Å²) in [6.45, 7) is 3.69. The van der Waals surface area contributed by atoms with Crippen molar-refractivity contribution in [3.8, 4) is 16.9 Å². The van der Waals surface area contributed by atoms with E-state index in [0.717, 1.165) is 11.1 Å². The topological polar surface area (TPSA) is 20.2 Å². The van der Waals surface area contributed by atoms with Gasteiger partial charge in [0.15, 0.2) is 11.6 Å². The van der Waals surface area contributed by atoms with E-state index in [2.05, 4.69) is 6.58 Å². The number of halogens is 1. The van der Waals surface area contributed by atoms with E-state index in [4.69, 9.17) is 0 Å². The molecule has 2 rings (SSSR count). The zero-order valence-electron chi connectivity index (χ0n) is 8.65. The summed E-state index contributed by atoms with van der Waals surface area (Å²) >= 11 is 0. The van der Waals surface area contributed by atoms with Gasteiger partial charge in [-0.1, -0.05) is 49.1 Å². The van der Waals surface area contributed by atoms with Crippen molar-refractivity contribution in [2.24, 2.45) is 0 Å². The Balaban J connectivity index is 2.67. The summed E-state index contributed by atoms with van der Waals surface area (Å²) < 4.78 is 13.2. The molecule has 1 N–H and O–H groups in total. The molecular weight excluding hydrogens is 203 g/mol. The molecule has 0 spiro atoms. The van der Waals surface area contributed by atoms with E-state index in [-0.39, 0.29) is 5.75 Å². The molecule has 16 heavy (non-hydrogen) atoms. The molecule has 2 aromatic carbocycles. The minimum absolute atomic E-state index is 0.322. The molecule has 0 saturated carbocycles. The fourth-order valence-corrected chi connectivity index (χ4v) is 1.65. The minimum Gasteiger partial charge on any atom is -0.504 e. The molecule has 2 aromatic rings. The summed E-state index contributed by atoms with van der Waals surface area (Å²) in [7, 11) is 0. The number of phenolic OH excluding ortho intramolecular Hbond substituents is 1.